The molecule has 6 heteroatoms. The number of aliphatic hydroxyl groups is 4. The van der Waals surface area contributed by atoms with E-state index in [2.05, 4.69) is 4.74 Å². The Labute approximate surface area is 95.5 Å². The molecule has 1 saturated heterocycles. The molecule has 4 N–H and O–H groups in total. The summed E-state index contributed by atoms with van der Waals surface area (Å²) in [4.78, 5) is 10.6. The van der Waals surface area contributed by atoms with Crippen LogP contribution in [-0.4, -0.2) is 57.4 Å². The fourth-order valence-corrected chi connectivity index (χ4v) is 1.00. The molecule has 98 valence electrons. The highest BCUT2D eigenvalue weighted by atomic mass is 16.6. The first-order chi connectivity index (χ1) is 7.57. The van der Waals surface area contributed by atoms with Crippen LogP contribution in [0.5, 0.6) is 0 Å². The summed E-state index contributed by atoms with van der Waals surface area (Å²) in [7, 11) is 0. The molecule has 0 aliphatic carbocycles. The number of carbonyl (C=O) groups is 1. The first kappa shape index (κ1) is 17.7. The summed E-state index contributed by atoms with van der Waals surface area (Å²) in [6.45, 7) is 7.36. The summed E-state index contributed by atoms with van der Waals surface area (Å²) in [5, 5.41) is 35.3. The van der Waals surface area contributed by atoms with Gasteiger partial charge in [0.05, 0.1) is 6.61 Å². The van der Waals surface area contributed by atoms with Crippen molar-refractivity contribution in [2.24, 2.45) is 0 Å². The van der Waals surface area contributed by atoms with E-state index in [0.29, 0.717) is 0 Å². The number of hydrogen-bond donors (Lipinski definition) is 4. The largest absolute Gasteiger partial charge is 0.455 e. The first-order valence-electron chi connectivity index (χ1n) is 5.43. The van der Waals surface area contributed by atoms with Gasteiger partial charge in [-0.2, -0.15) is 0 Å². The van der Waals surface area contributed by atoms with Gasteiger partial charge < -0.3 is 25.2 Å². The van der Waals surface area contributed by atoms with E-state index in [9.17, 15) is 4.79 Å². The first-order valence-corrected chi connectivity index (χ1v) is 5.43. The van der Waals surface area contributed by atoms with Crippen molar-refractivity contribution in [1.82, 2.24) is 0 Å². The van der Waals surface area contributed by atoms with Gasteiger partial charge in [-0.05, 0) is 0 Å². The Morgan fingerprint density at radius 1 is 1.25 bits per heavy atom. The smallest absolute Gasteiger partial charge is 0.338 e. The van der Waals surface area contributed by atoms with Gasteiger partial charge >= 0.3 is 5.97 Å². The van der Waals surface area contributed by atoms with Crippen LogP contribution in [0.25, 0.3) is 0 Å². The molecule has 0 aromatic carbocycles. The Bertz CT molecular complexity index is 184. The lowest BCUT2D eigenvalue weighted by Crippen LogP contribution is -2.40. The summed E-state index contributed by atoms with van der Waals surface area (Å²) in [6.07, 6.45) is -5.70. The third-order valence-electron chi connectivity index (χ3n) is 1.72. The van der Waals surface area contributed by atoms with Crippen LogP contribution in [-0.2, 0) is 9.53 Å². The van der Waals surface area contributed by atoms with Gasteiger partial charge in [0, 0.05) is 0 Å². The standard InChI is InChI=1S/C6H10O6.2C2H6/c7-1-2(8)5-3(9)4(10)6(11)12-5;2*1-2/h2-5,7-10H,1H2;2*1-2H3. The van der Waals surface area contributed by atoms with Crippen molar-refractivity contribution >= 4 is 5.97 Å². The summed E-state index contributed by atoms with van der Waals surface area (Å²) in [6, 6.07) is 0. The average Bonchev–Trinajstić information content (AvgIpc) is 2.61. The van der Waals surface area contributed by atoms with Crippen LogP contribution in [0.15, 0.2) is 0 Å². The zero-order valence-electron chi connectivity index (χ0n) is 10.1. The Kier molecular flexibility index (Phi) is 10.5. The van der Waals surface area contributed by atoms with E-state index in [0.717, 1.165) is 0 Å². The summed E-state index contributed by atoms with van der Waals surface area (Å²) in [5.74, 6) is -0.986. The molecule has 0 bridgehead atoms. The van der Waals surface area contributed by atoms with Gasteiger partial charge in [0.25, 0.3) is 0 Å². The van der Waals surface area contributed by atoms with Crippen molar-refractivity contribution in [3.05, 3.63) is 0 Å². The van der Waals surface area contributed by atoms with Crippen molar-refractivity contribution in [2.75, 3.05) is 6.61 Å². The van der Waals surface area contributed by atoms with Crippen LogP contribution in [0.2, 0.25) is 0 Å². The van der Waals surface area contributed by atoms with Crippen molar-refractivity contribution in [1.29, 1.82) is 0 Å². The molecule has 0 amide bonds. The molecular formula is C10H22O6. The Hall–Kier alpha value is -0.690. The van der Waals surface area contributed by atoms with Crippen LogP contribution >= 0.6 is 0 Å². The summed E-state index contributed by atoms with van der Waals surface area (Å²) < 4.78 is 4.39. The van der Waals surface area contributed by atoms with E-state index in [4.69, 9.17) is 20.4 Å². The number of aliphatic hydroxyl groups excluding tert-OH is 4. The van der Waals surface area contributed by atoms with Crippen LogP contribution in [0.3, 0.4) is 0 Å². The number of rotatable bonds is 2. The molecule has 1 aliphatic heterocycles. The lowest BCUT2D eigenvalue weighted by atomic mass is 10.1. The molecule has 1 fully saturated rings. The van der Waals surface area contributed by atoms with Crippen molar-refractivity contribution in [2.45, 2.75) is 52.1 Å². The molecule has 6 nitrogen and oxygen atoms in total. The van der Waals surface area contributed by atoms with Gasteiger partial charge in [-0.25, -0.2) is 4.79 Å². The van der Waals surface area contributed by atoms with E-state index in [1.54, 1.807) is 0 Å². The van der Waals surface area contributed by atoms with Crippen LogP contribution in [0.1, 0.15) is 27.7 Å². The Morgan fingerprint density at radius 2 is 1.69 bits per heavy atom. The Balaban J connectivity index is 0. The number of carbonyl (C=O) groups excluding carboxylic acids is 1. The number of cyclic esters (lactones) is 1. The zero-order chi connectivity index (χ0) is 13.3. The van der Waals surface area contributed by atoms with Gasteiger partial charge in [0.1, 0.15) is 12.2 Å². The molecule has 0 aromatic rings. The quantitative estimate of drug-likeness (QED) is 0.462. The van der Waals surface area contributed by atoms with Gasteiger partial charge in [-0.1, -0.05) is 27.7 Å². The fourth-order valence-electron chi connectivity index (χ4n) is 1.00. The van der Waals surface area contributed by atoms with Crippen LogP contribution in [0.4, 0.5) is 0 Å². The third kappa shape index (κ3) is 4.44. The highest BCUT2D eigenvalue weighted by Crippen LogP contribution is 2.18. The SMILES string of the molecule is CC.CC.O=C1OC(C(O)CO)C(O)C1O. The number of esters is 1. The molecule has 0 aromatic heterocycles. The molecule has 1 rings (SSSR count). The van der Waals surface area contributed by atoms with Gasteiger partial charge in [0.15, 0.2) is 12.2 Å². The molecule has 0 radical (unpaired) electrons. The lowest BCUT2D eigenvalue weighted by molar-refractivity contribution is -0.151. The van der Waals surface area contributed by atoms with E-state index in [1.165, 1.54) is 0 Å². The molecule has 0 spiro atoms. The van der Waals surface area contributed by atoms with E-state index >= 15 is 0 Å². The normalized spacial score (nSPS) is 29.2. The molecule has 1 heterocycles. The fraction of sp³-hybridized carbons (Fsp3) is 0.900. The Morgan fingerprint density at radius 3 is 1.94 bits per heavy atom. The van der Waals surface area contributed by atoms with E-state index in [1.807, 2.05) is 27.7 Å². The number of hydrogen-bond acceptors (Lipinski definition) is 6. The highest BCUT2D eigenvalue weighted by Gasteiger charge is 2.45. The molecule has 4 atom stereocenters. The monoisotopic (exact) mass is 238 g/mol. The minimum atomic E-state index is -1.63. The number of ether oxygens (including phenoxy) is 1. The summed E-state index contributed by atoms with van der Waals surface area (Å²) >= 11 is 0. The van der Waals surface area contributed by atoms with Crippen LogP contribution < -0.4 is 0 Å². The molecular weight excluding hydrogens is 216 g/mol. The molecule has 1 aliphatic rings. The predicted octanol–water partition coefficient (Wildman–Crippen LogP) is -0.961. The maximum absolute atomic E-state index is 10.6. The highest BCUT2D eigenvalue weighted by molar-refractivity contribution is 5.77. The lowest BCUT2D eigenvalue weighted by Gasteiger charge is -2.17. The second kappa shape index (κ2) is 9.53. The van der Waals surface area contributed by atoms with E-state index < -0.39 is 37.0 Å². The van der Waals surface area contributed by atoms with Gasteiger partial charge in [-0.3, -0.25) is 0 Å². The maximum atomic E-state index is 10.6. The average molecular weight is 238 g/mol. The molecule has 0 saturated carbocycles. The molecule has 16 heavy (non-hydrogen) atoms. The van der Waals surface area contributed by atoms with Gasteiger partial charge in [-0.15, -0.1) is 0 Å². The maximum Gasteiger partial charge on any atom is 0.338 e. The summed E-state index contributed by atoms with van der Waals surface area (Å²) in [5.41, 5.74) is 0. The molecule has 4 unspecified atom stereocenters. The van der Waals surface area contributed by atoms with Gasteiger partial charge in [0.2, 0.25) is 0 Å². The zero-order valence-corrected chi connectivity index (χ0v) is 10.1. The second-order valence-electron chi connectivity index (χ2n) is 2.59. The van der Waals surface area contributed by atoms with Crippen LogP contribution in [0, 0.1) is 0 Å². The topological polar surface area (TPSA) is 107 Å². The van der Waals surface area contributed by atoms with Crippen molar-refractivity contribution in [3.8, 4) is 0 Å². The van der Waals surface area contributed by atoms with Crippen molar-refractivity contribution < 1.29 is 30.0 Å². The van der Waals surface area contributed by atoms with Crippen molar-refractivity contribution in [3.63, 3.8) is 0 Å². The third-order valence-corrected chi connectivity index (χ3v) is 1.72. The minimum Gasteiger partial charge on any atom is -0.455 e. The van der Waals surface area contributed by atoms with E-state index in [-0.39, 0.29) is 0 Å². The minimum absolute atomic E-state index is 0.637. The second-order valence-corrected chi connectivity index (χ2v) is 2.59. The predicted molar refractivity (Wildman–Crippen MR) is 57.7 cm³/mol.